The highest BCUT2D eigenvalue weighted by Gasteiger charge is 2.38. The van der Waals surface area contributed by atoms with Crippen LogP contribution in [0.25, 0.3) is 0 Å². The van der Waals surface area contributed by atoms with Gasteiger partial charge in [0, 0.05) is 3.57 Å². The maximum atomic E-state index is 10.7. The number of carbonyl (C=O) groups is 2. The second-order valence-corrected chi connectivity index (χ2v) is 8.74. The van der Waals surface area contributed by atoms with Crippen LogP contribution in [0.2, 0.25) is 0 Å². The molecule has 2 aliphatic rings. The fourth-order valence-electron chi connectivity index (χ4n) is 1.61. The minimum absolute atomic E-state index is 0.127. The number of nitrogens with one attached hydrogen (secondary N) is 1. The largest absolute Gasteiger partial charge is 0.447 e. The van der Waals surface area contributed by atoms with Crippen molar-refractivity contribution in [1.82, 2.24) is 8.43 Å². The number of nitrogens with zero attached hydrogens (tertiary/aromatic N) is 1. The molecular weight excluding hydrogens is 538 g/mol. The second kappa shape index (κ2) is 9.07. The number of alkyl carbamates (subject to hydrolysis) is 1. The molecule has 24 heavy (non-hydrogen) atoms. The number of benzene rings is 1. The summed E-state index contributed by atoms with van der Waals surface area (Å²) in [5, 5.41) is 2.63. The van der Waals surface area contributed by atoms with Gasteiger partial charge in [-0.1, -0.05) is 18.2 Å². The van der Waals surface area contributed by atoms with E-state index >= 15 is 0 Å². The van der Waals surface area contributed by atoms with Crippen molar-refractivity contribution in [3.8, 4) is 0 Å². The van der Waals surface area contributed by atoms with Crippen molar-refractivity contribution in [3.63, 3.8) is 0 Å². The topological polar surface area (TPSA) is 67.9 Å². The molecule has 0 aromatic heterocycles. The van der Waals surface area contributed by atoms with Crippen molar-refractivity contribution >= 4 is 57.6 Å². The summed E-state index contributed by atoms with van der Waals surface area (Å²) in [6.07, 6.45) is -0.546. The van der Waals surface area contributed by atoms with E-state index in [2.05, 4.69) is 44.8 Å². The standard InChI is InChI=1S/C6H5I.C5H8INO2.C5H9NO2/c7-6-4-2-1-3-5-6;1-5(2)3-9-4(8)7(5)6;1-5(2)3-8-4(7)6-5/h1-5H;3H2,1-2H3;3H2,1-2H3,(H,6,7). The number of hydrogen-bond acceptors (Lipinski definition) is 4. The molecule has 8 heteroatoms. The van der Waals surface area contributed by atoms with Gasteiger partial charge in [-0.15, -0.1) is 0 Å². The first kappa shape index (κ1) is 21.3. The van der Waals surface area contributed by atoms with E-state index in [9.17, 15) is 9.59 Å². The molecule has 2 fully saturated rings. The van der Waals surface area contributed by atoms with E-state index in [0.29, 0.717) is 13.2 Å². The van der Waals surface area contributed by atoms with Gasteiger partial charge in [0.25, 0.3) is 0 Å². The van der Waals surface area contributed by atoms with Crippen LogP contribution >= 0.6 is 45.5 Å². The lowest BCUT2D eigenvalue weighted by Gasteiger charge is -2.19. The van der Waals surface area contributed by atoms with Gasteiger partial charge in [-0.2, -0.15) is 0 Å². The Hall–Kier alpha value is -0.780. The predicted molar refractivity (Wildman–Crippen MR) is 109 cm³/mol. The first-order valence-corrected chi connectivity index (χ1v) is 9.36. The summed E-state index contributed by atoms with van der Waals surface area (Å²) in [4.78, 5) is 21.0. The average molecular weight is 560 g/mol. The molecular formula is C16H22I2N2O4. The monoisotopic (exact) mass is 560 g/mol. The van der Waals surface area contributed by atoms with Gasteiger partial charge in [-0.05, 0) is 62.4 Å². The maximum Gasteiger partial charge on any atom is 0.419 e. The molecule has 0 radical (unpaired) electrons. The number of rotatable bonds is 0. The number of ether oxygens (including phenoxy) is 2. The summed E-state index contributed by atoms with van der Waals surface area (Å²) < 4.78 is 12.2. The first-order chi connectivity index (χ1) is 11.0. The molecule has 134 valence electrons. The van der Waals surface area contributed by atoms with Gasteiger partial charge < -0.3 is 14.8 Å². The molecule has 6 nitrogen and oxygen atoms in total. The van der Waals surface area contributed by atoms with E-state index in [-0.39, 0.29) is 23.3 Å². The zero-order valence-electron chi connectivity index (χ0n) is 14.1. The number of halogens is 2. The molecule has 2 saturated heterocycles. The summed E-state index contributed by atoms with van der Waals surface area (Å²) in [6, 6.07) is 10.2. The Morgan fingerprint density at radius 1 is 1.04 bits per heavy atom. The molecule has 3 rings (SSSR count). The second-order valence-electron chi connectivity index (χ2n) is 6.53. The van der Waals surface area contributed by atoms with E-state index in [1.165, 1.54) is 3.57 Å². The fraction of sp³-hybridized carbons (Fsp3) is 0.500. The van der Waals surface area contributed by atoms with Crippen LogP contribution < -0.4 is 5.32 Å². The molecule has 0 atom stereocenters. The lowest BCUT2D eigenvalue weighted by Crippen LogP contribution is -2.36. The van der Waals surface area contributed by atoms with Gasteiger partial charge in [0.05, 0.1) is 33.9 Å². The van der Waals surface area contributed by atoms with Gasteiger partial charge in [0.2, 0.25) is 0 Å². The van der Waals surface area contributed by atoms with Crippen molar-refractivity contribution in [2.45, 2.75) is 38.8 Å². The third-order valence-electron chi connectivity index (χ3n) is 2.98. The number of carbonyl (C=O) groups excluding carboxylic acids is 2. The SMILES string of the molecule is CC1(C)COC(=O)N1.CC1(C)COC(=O)N1I.Ic1ccccc1. The Morgan fingerprint density at radius 3 is 1.79 bits per heavy atom. The number of hydrogen-bond donors (Lipinski definition) is 1. The highest BCUT2D eigenvalue weighted by Crippen LogP contribution is 2.26. The Balaban J connectivity index is 0.000000181. The van der Waals surface area contributed by atoms with E-state index in [1.807, 2.05) is 68.8 Å². The van der Waals surface area contributed by atoms with Crippen LogP contribution in [0.3, 0.4) is 0 Å². The zero-order chi connectivity index (χ0) is 18.4. The molecule has 2 heterocycles. The van der Waals surface area contributed by atoms with Gasteiger partial charge in [-0.25, -0.2) is 12.7 Å². The van der Waals surface area contributed by atoms with E-state index in [0.717, 1.165) is 0 Å². The molecule has 2 amide bonds. The van der Waals surface area contributed by atoms with E-state index in [1.54, 1.807) is 3.11 Å². The number of amides is 2. The molecule has 1 aromatic carbocycles. The average Bonchev–Trinajstić information content (AvgIpc) is 2.94. The predicted octanol–water partition coefficient (Wildman–Crippen LogP) is 4.36. The lowest BCUT2D eigenvalue weighted by atomic mass is 10.1. The molecule has 0 aliphatic carbocycles. The molecule has 0 unspecified atom stereocenters. The van der Waals surface area contributed by atoms with Crippen LogP contribution in [0.1, 0.15) is 27.7 Å². The summed E-state index contributed by atoms with van der Waals surface area (Å²) in [5.41, 5.74) is -0.283. The zero-order valence-corrected chi connectivity index (χ0v) is 18.5. The molecule has 1 aromatic rings. The minimum atomic E-state index is -0.310. The maximum absolute atomic E-state index is 10.7. The van der Waals surface area contributed by atoms with Crippen LogP contribution in [0.4, 0.5) is 9.59 Å². The van der Waals surface area contributed by atoms with Crippen molar-refractivity contribution in [2.24, 2.45) is 0 Å². The van der Waals surface area contributed by atoms with Crippen LogP contribution in [0.5, 0.6) is 0 Å². The Labute approximate surface area is 170 Å². The van der Waals surface area contributed by atoms with Gasteiger partial charge in [0.15, 0.2) is 0 Å². The van der Waals surface area contributed by atoms with Gasteiger partial charge in [0.1, 0.15) is 13.2 Å². The number of cyclic esters (lactones) is 2. The third kappa shape index (κ3) is 7.41. The quantitative estimate of drug-likeness (QED) is 0.379. The van der Waals surface area contributed by atoms with E-state index in [4.69, 9.17) is 4.74 Å². The van der Waals surface area contributed by atoms with Crippen molar-refractivity contribution < 1.29 is 19.1 Å². The van der Waals surface area contributed by atoms with Crippen molar-refractivity contribution in [3.05, 3.63) is 33.9 Å². The third-order valence-corrected chi connectivity index (χ3v) is 5.40. The molecule has 0 saturated carbocycles. The van der Waals surface area contributed by atoms with Gasteiger partial charge in [-0.3, -0.25) is 0 Å². The Morgan fingerprint density at radius 2 is 1.62 bits per heavy atom. The van der Waals surface area contributed by atoms with Crippen LogP contribution in [0.15, 0.2) is 30.3 Å². The fourth-order valence-corrected chi connectivity index (χ4v) is 2.30. The first-order valence-electron chi connectivity index (χ1n) is 7.32. The smallest absolute Gasteiger partial charge is 0.419 e. The highest BCUT2D eigenvalue weighted by molar-refractivity contribution is 14.1. The molecule has 0 bridgehead atoms. The molecule has 0 spiro atoms. The molecule has 1 N–H and O–H groups in total. The lowest BCUT2D eigenvalue weighted by molar-refractivity contribution is 0.171. The van der Waals surface area contributed by atoms with Gasteiger partial charge >= 0.3 is 12.2 Å². The van der Waals surface area contributed by atoms with Crippen LogP contribution in [-0.4, -0.2) is 39.6 Å². The van der Waals surface area contributed by atoms with Crippen molar-refractivity contribution in [2.75, 3.05) is 13.2 Å². The summed E-state index contributed by atoms with van der Waals surface area (Å²) in [5.74, 6) is 0. The van der Waals surface area contributed by atoms with Crippen LogP contribution in [-0.2, 0) is 9.47 Å². The normalized spacial score (nSPS) is 19.8. The molecule has 2 aliphatic heterocycles. The van der Waals surface area contributed by atoms with Crippen molar-refractivity contribution in [1.29, 1.82) is 0 Å². The summed E-state index contributed by atoms with van der Waals surface area (Å²) in [7, 11) is 0. The van der Waals surface area contributed by atoms with Crippen LogP contribution in [0, 0.1) is 3.57 Å². The van der Waals surface area contributed by atoms with E-state index < -0.39 is 0 Å². The minimum Gasteiger partial charge on any atom is -0.447 e. The Kier molecular flexibility index (Phi) is 8.03. The highest BCUT2D eigenvalue weighted by atomic mass is 127. The summed E-state index contributed by atoms with van der Waals surface area (Å²) in [6.45, 7) is 8.73. The Bertz CT molecular complexity index is 564. The summed E-state index contributed by atoms with van der Waals surface area (Å²) >= 11 is 4.24.